The molecule has 0 N–H and O–H groups in total. The number of fused-ring (bicyclic) bond motifs is 1. The highest BCUT2D eigenvalue weighted by Crippen LogP contribution is 2.16. The maximum atomic E-state index is 4.57. The molecule has 0 bridgehead atoms. The summed E-state index contributed by atoms with van der Waals surface area (Å²) in [5.41, 5.74) is 2.53. The fourth-order valence-electron chi connectivity index (χ4n) is 1.92. The summed E-state index contributed by atoms with van der Waals surface area (Å²) in [4.78, 5) is 8.97. The van der Waals surface area contributed by atoms with Crippen LogP contribution in [-0.4, -0.2) is 24.7 Å². The Morgan fingerprint density at radius 3 is 2.83 bits per heavy atom. The second-order valence-electron chi connectivity index (χ2n) is 4.09. The Hall–Kier alpha value is -2.30. The molecule has 0 spiro atoms. The second kappa shape index (κ2) is 4.52. The van der Waals surface area contributed by atoms with Gasteiger partial charge in [-0.3, -0.25) is 4.98 Å². The molecule has 18 heavy (non-hydrogen) atoms. The van der Waals surface area contributed by atoms with Crippen LogP contribution in [0.4, 0.5) is 0 Å². The van der Waals surface area contributed by atoms with Crippen molar-refractivity contribution < 1.29 is 0 Å². The van der Waals surface area contributed by atoms with Crippen LogP contribution in [0.1, 0.15) is 13.3 Å². The van der Waals surface area contributed by atoms with Gasteiger partial charge in [0.05, 0.1) is 17.2 Å². The van der Waals surface area contributed by atoms with Gasteiger partial charge in [-0.15, -0.1) is 10.2 Å². The van der Waals surface area contributed by atoms with Gasteiger partial charge >= 0.3 is 0 Å². The third kappa shape index (κ3) is 1.84. The van der Waals surface area contributed by atoms with Crippen molar-refractivity contribution in [2.75, 3.05) is 0 Å². The lowest BCUT2D eigenvalue weighted by Gasteiger charge is -2.04. The van der Waals surface area contributed by atoms with E-state index in [1.165, 1.54) is 0 Å². The Morgan fingerprint density at radius 1 is 1.17 bits per heavy atom. The van der Waals surface area contributed by atoms with E-state index in [1.807, 2.05) is 28.8 Å². The van der Waals surface area contributed by atoms with Crippen LogP contribution in [0.15, 0.2) is 36.8 Å². The average molecular weight is 239 g/mol. The Balaban J connectivity index is 2.10. The lowest BCUT2D eigenvalue weighted by Crippen LogP contribution is -2.00. The van der Waals surface area contributed by atoms with Gasteiger partial charge < -0.3 is 4.57 Å². The highest BCUT2D eigenvalue weighted by molar-refractivity contribution is 5.75. The van der Waals surface area contributed by atoms with E-state index in [0.29, 0.717) is 0 Å². The van der Waals surface area contributed by atoms with Crippen LogP contribution < -0.4 is 0 Å². The molecule has 0 radical (unpaired) electrons. The summed E-state index contributed by atoms with van der Waals surface area (Å²) in [5, 5.41) is 8.06. The van der Waals surface area contributed by atoms with E-state index < -0.39 is 0 Å². The molecule has 2 aromatic heterocycles. The minimum Gasteiger partial charge on any atom is -0.312 e. The van der Waals surface area contributed by atoms with Gasteiger partial charge in [-0.05, 0) is 18.6 Å². The number of hydrogen-bond acceptors (Lipinski definition) is 4. The quantitative estimate of drug-likeness (QED) is 0.703. The van der Waals surface area contributed by atoms with Crippen LogP contribution in [0.3, 0.4) is 0 Å². The van der Waals surface area contributed by atoms with E-state index in [2.05, 4.69) is 27.1 Å². The first-order chi connectivity index (χ1) is 8.88. The van der Waals surface area contributed by atoms with Crippen LogP contribution in [-0.2, 0) is 6.54 Å². The van der Waals surface area contributed by atoms with Gasteiger partial charge in [-0.2, -0.15) is 0 Å². The molecule has 0 atom stereocenters. The predicted octanol–water partition coefficient (Wildman–Crippen LogP) is 2.30. The highest BCUT2D eigenvalue weighted by Gasteiger charge is 2.09. The van der Waals surface area contributed by atoms with E-state index in [4.69, 9.17) is 0 Å². The Kier molecular flexibility index (Phi) is 2.72. The fourth-order valence-corrected chi connectivity index (χ4v) is 1.92. The van der Waals surface area contributed by atoms with E-state index in [9.17, 15) is 0 Å². The molecule has 0 aliphatic rings. The van der Waals surface area contributed by atoms with Crippen molar-refractivity contribution in [1.29, 1.82) is 0 Å². The average Bonchev–Trinajstić information content (AvgIpc) is 2.87. The summed E-state index contributed by atoms with van der Waals surface area (Å²) in [5.74, 6) is 0.773. The lowest BCUT2D eigenvalue weighted by molar-refractivity contribution is 0.681. The number of aryl methyl sites for hydroxylation is 1. The third-order valence-electron chi connectivity index (χ3n) is 2.76. The van der Waals surface area contributed by atoms with Crippen LogP contribution in [0.5, 0.6) is 0 Å². The number of hydrogen-bond donors (Lipinski definition) is 0. The monoisotopic (exact) mass is 239 g/mol. The van der Waals surface area contributed by atoms with Crippen LogP contribution in [0.2, 0.25) is 0 Å². The van der Waals surface area contributed by atoms with Gasteiger partial charge in [-0.1, -0.05) is 19.1 Å². The molecule has 0 aliphatic heterocycles. The Bertz CT molecular complexity index is 674. The van der Waals surface area contributed by atoms with Crippen molar-refractivity contribution in [1.82, 2.24) is 24.7 Å². The SMILES string of the molecule is CCCn1cnnc1-c1cnc2ccccc2n1. The smallest absolute Gasteiger partial charge is 0.184 e. The van der Waals surface area contributed by atoms with E-state index in [1.54, 1.807) is 12.5 Å². The second-order valence-corrected chi connectivity index (χ2v) is 4.09. The zero-order chi connectivity index (χ0) is 12.4. The summed E-state index contributed by atoms with van der Waals surface area (Å²) in [6, 6.07) is 7.81. The van der Waals surface area contributed by atoms with Crippen molar-refractivity contribution in [2.45, 2.75) is 19.9 Å². The van der Waals surface area contributed by atoms with Gasteiger partial charge in [-0.25, -0.2) is 4.98 Å². The molecular weight excluding hydrogens is 226 g/mol. The lowest BCUT2D eigenvalue weighted by atomic mass is 10.3. The number of rotatable bonds is 3. The first-order valence-electron chi connectivity index (χ1n) is 5.98. The number of aromatic nitrogens is 5. The molecule has 0 unspecified atom stereocenters. The van der Waals surface area contributed by atoms with Gasteiger partial charge in [0.1, 0.15) is 12.0 Å². The number of benzene rings is 1. The molecule has 2 heterocycles. The van der Waals surface area contributed by atoms with Crippen LogP contribution >= 0.6 is 0 Å². The van der Waals surface area contributed by atoms with Crippen molar-refractivity contribution >= 4 is 11.0 Å². The minimum absolute atomic E-state index is 0.764. The standard InChI is InChI=1S/C13H13N5/c1-2-7-18-9-15-17-13(18)12-8-14-10-5-3-4-6-11(10)16-12/h3-6,8-9H,2,7H2,1H3. The summed E-state index contributed by atoms with van der Waals surface area (Å²) in [6.45, 7) is 3.01. The van der Waals surface area contributed by atoms with Gasteiger partial charge in [0.15, 0.2) is 5.82 Å². The van der Waals surface area contributed by atoms with Gasteiger partial charge in [0, 0.05) is 6.54 Å². The van der Waals surface area contributed by atoms with E-state index >= 15 is 0 Å². The zero-order valence-corrected chi connectivity index (χ0v) is 10.1. The van der Waals surface area contributed by atoms with E-state index in [-0.39, 0.29) is 0 Å². The molecule has 3 aromatic rings. The molecule has 0 aliphatic carbocycles. The van der Waals surface area contributed by atoms with Crippen molar-refractivity contribution in [3.05, 3.63) is 36.8 Å². The minimum atomic E-state index is 0.764. The number of nitrogens with zero attached hydrogens (tertiary/aromatic N) is 5. The van der Waals surface area contributed by atoms with Gasteiger partial charge in [0.2, 0.25) is 0 Å². The Morgan fingerprint density at radius 2 is 2.00 bits per heavy atom. The molecule has 90 valence electrons. The van der Waals surface area contributed by atoms with Gasteiger partial charge in [0.25, 0.3) is 0 Å². The maximum Gasteiger partial charge on any atom is 0.184 e. The first-order valence-corrected chi connectivity index (χ1v) is 5.98. The zero-order valence-electron chi connectivity index (χ0n) is 10.1. The normalized spacial score (nSPS) is 10.9. The molecule has 1 aromatic carbocycles. The van der Waals surface area contributed by atoms with E-state index in [0.717, 1.165) is 35.5 Å². The predicted molar refractivity (Wildman–Crippen MR) is 68.8 cm³/mol. The summed E-state index contributed by atoms with van der Waals surface area (Å²) >= 11 is 0. The molecule has 0 saturated heterocycles. The maximum absolute atomic E-state index is 4.57. The van der Waals surface area contributed by atoms with Crippen molar-refractivity contribution in [3.8, 4) is 11.5 Å². The highest BCUT2D eigenvalue weighted by atomic mass is 15.3. The first kappa shape index (κ1) is 10.8. The summed E-state index contributed by atoms with van der Waals surface area (Å²) in [6.07, 6.45) is 4.51. The topological polar surface area (TPSA) is 56.5 Å². The molecule has 0 fully saturated rings. The molecular formula is C13H13N5. The fraction of sp³-hybridized carbons (Fsp3) is 0.231. The summed E-state index contributed by atoms with van der Waals surface area (Å²) < 4.78 is 2.00. The molecule has 0 saturated carbocycles. The molecule has 5 nitrogen and oxygen atoms in total. The Labute approximate surface area is 105 Å². The molecule has 3 rings (SSSR count). The largest absolute Gasteiger partial charge is 0.312 e. The van der Waals surface area contributed by atoms with Crippen molar-refractivity contribution in [3.63, 3.8) is 0 Å². The number of para-hydroxylation sites is 2. The molecule has 0 amide bonds. The van der Waals surface area contributed by atoms with Crippen molar-refractivity contribution in [2.24, 2.45) is 0 Å². The third-order valence-corrected chi connectivity index (χ3v) is 2.76. The van der Waals surface area contributed by atoms with Crippen LogP contribution in [0.25, 0.3) is 22.6 Å². The van der Waals surface area contributed by atoms with Crippen LogP contribution in [0, 0.1) is 0 Å². The summed E-state index contributed by atoms with van der Waals surface area (Å²) in [7, 11) is 0. The molecule has 5 heteroatoms.